The number of hydrogen-bond donors (Lipinski definition) is 0. The molecule has 1 aromatic carbocycles. The van der Waals surface area contributed by atoms with E-state index in [4.69, 9.17) is 0 Å². The van der Waals surface area contributed by atoms with E-state index in [1.807, 2.05) is 26.1 Å². The molecule has 0 amide bonds. The van der Waals surface area contributed by atoms with Crippen LogP contribution >= 0.6 is 0 Å². The molecule has 0 spiro atoms. The first kappa shape index (κ1) is 19.9. The quantitative estimate of drug-likeness (QED) is 0.565. The zero-order valence-corrected chi connectivity index (χ0v) is 16.3. The largest absolute Gasteiger partial charge is 0.261 e. The highest BCUT2D eigenvalue weighted by Crippen LogP contribution is 2.28. The lowest BCUT2D eigenvalue weighted by Crippen LogP contribution is -1.94. The molecule has 0 aliphatic carbocycles. The lowest BCUT2D eigenvalue weighted by molar-refractivity contribution is 1.13. The smallest absolute Gasteiger partial charge is 0.0444 e. The minimum absolute atomic E-state index is 1.07. The highest BCUT2D eigenvalue weighted by atomic mass is 14.7. The molecule has 1 aromatic heterocycles. The van der Waals surface area contributed by atoms with E-state index >= 15 is 0 Å². The first-order valence-corrected chi connectivity index (χ1v) is 8.93. The molecule has 0 N–H and O–H groups in total. The number of pyridine rings is 1. The standard InChI is InChI=1S/C21H25N.C2H6/c1-6-18-10-11-21(15(3)13-18)20(7-2)16(4)14-19-9-8-12-22-17(19)5;1-2/h7-14H,6H2,1-5H3;1-2H3/b16-14+,20-7-;. The molecule has 0 aliphatic heterocycles. The summed E-state index contributed by atoms with van der Waals surface area (Å²) >= 11 is 0. The maximum absolute atomic E-state index is 4.37. The fraction of sp³-hybridized carbons (Fsp3) is 0.348. The van der Waals surface area contributed by atoms with Gasteiger partial charge < -0.3 is 0 Å². The second kappa shape index (κ2) is 9.87. The number of aromatic nitrogens is 1. The van der Waals surface area contributed by atoms with Gasteiger partial charge in [0.1, 0.15) is 0 Å². The van der Waals surface area contributed by atoms with Gasteiger partial charge in [0.2, 0.25) is 0 Å². The predicted molar refractivity (Wildman–Crippen MR) is 108 cm³/mol. The molecule has 0 unspecified atom stereocenters. The monoisotopic (exact) mass is 321 g/mol. The average Bonchev–Trinajstić information content (AvgIpc) is 2.60. The van der Waals surface area contributed by atoms with Crippen molar-refractivity contribution in [2.45, 2.75) is 54.9 Å². The topological polar surface area (TPSA) is 12.9 Å². The molecule has 0 saturated carbocycles. The van der Waals surface area contributed by atoms with Crippen molar-refractivity contribution < 1.29 is 0 Å². The summed E-state index contributed by atoms with van der Waals surface area (Å²) in [6, 6.07) is 10.9. The van der Waals surface area contributed by atoms with Gasteiger partial charge in [0.25, 0.3) is 0 Å². The molecule has 128 valence electrons. The van der Waals surface area contributed by atoms with E-state index in [0.717, 1.165) is 12.1 Å². The van der Waals surface area contributed by atoms with E-state index < -0.39 is 0 Å². The molecule has 0 saturated heterocycles. The molecule has 0 aliphatic rings. The van der Waals surface area contributed by atoms with Crippen LogP contribution < -0.4 is 0 Å². The third kappa shape index (κ3) is 4.92. The van der Waals surface area contributed by atoms with Crippen LogP contribution in [0.5, 0.6) is 0 Å². The number of rotatable bonds is 4. The molecular formula is C23H31N. The normalized spacial score (nSPS) is 11.8. The van der Waals surface area contributed by atoms with E-state index in [1.165, 1.54) is 33.4 Å². The van der Waals surface area contributed by atoms with E-state index in [1.54, 1.807) is 0 Å². The first-order chi connectivity index (χ1) is 11.6. The van der Waals surface area contributed by atoms with E-state index in [-0.39, 0.29) is 0 Å². The van der Waals surface area contributed by atoms with Crippen LogP contribution in [0.15, 0.2) is 48.2 Å². The van der Waals surface area contributed by atoms with Gasteiger partial charge in [-0.15, -0.1) is 0 Å². The Bertz CT molecular complexity index is 721. The van der Waals surface area contributed by atoms with E-state index in [2.05, 4.69) is 76.0 Å². The Kier molecular flexibility index (Phi) is 8.18. The molecular weight excluding hydrogens is 290 g/mol. The van der Waals surface area contributed by atoms with Crippen LogP contribution in [0.4, 0.5) is 0 Å². The van der Waals surface area contributed by atoms with Crippen molar-refractivity contribution in [3.63, 3.8) is 0 Å². The number of aryl methyl sites for hydroxylation is 3. The van der Waals surface area contributed by atoms with Crippen molar-refractivity contribution >= 4 is 11.6 Å². The minimum atomic E-state index is 1.07. The molecule has 0 atom stereocenters. The van der Waals surface area contributed by atoms with Gasteiger partial charge in [-0.3, -0.25) is 4.98 Å². The van der Waals surface area contributed by atoms with Crippen molar-refractivity contribution in [3.05, 3.63) is 76.1 Å². The molecule has 0 bridgehead atoms. The van der Waals surface area contributed by atoms with Crippen molar-refractivity contribution in [1.82, 2.24) is 4.98 Å². The van der Waals surface area contributed by atoms with Crippen molar-refractivity contribution in [3.8, 4) is 0 Å². The van der Waals surface area contributed by atoms with Crippen LogP contribution in [-0.2, 0) is 6.42 Å². The second-order valence-corrected chi connectivity index (χ2v) is 5.71. The summed E-state index contributed by atoms with van der Waals surface area (Å²) in [5.74, 6) is 0. The molecule has 2 aromatic rings. The van der Waals surface area contributed by atoms with Gasteiger partial charge in [-0.1, -0.05) is 51.1 Å². The van der Waals surface area contributed by atoms with Crippen molar-refractivity contribution in [2.75, 3.05) is 0 Å². The van der Waals surface area contributed by atoms with Crippen LogP contribution in [-0.4, -0.2) is 4.98 Å². The predicted octanol–water partition coefficient (Wildman–Crippen LogP) is 6.79. The van der Waals surface area contributed by atoms with Gasteiger partial charge in [0, 0.05) is 11.9 Å². The lowest BCUT2D eigenvalue weighted by Gasteiger charge is -2.13. The Morgan fingerprint density at radius 3 is 2.38 bits per heavy atom. The fourth-order valence-electron chi connectivity index (χ4n) is 2.80. The number of allylic oxidation sites excluding steroid dienone is 3. The van der Waals surface area contributed by atoms with Crippen LogP contribution in [0.2, 0.25) is 0 Å². The van der Waals surface area contributed by atoms with Gasteiger partial charge >= 0.3 is 0 Å². The van der Waals surface area contributed by atoms with Gasteiger partial charge in [0.15, 0.2) is 0 Å². The summed E-state index contributed by atoms with van der Waals surface area (Å²) in [5, 5.41) is 0. The van der Waals surface area contributed by atoms with E-state index in [0.29, 0.717) is 0 Å². The van der Waals surface area contributed by atoms with Gasteiger partial charge in [-0.2, -0.15) is 0 Å². The zero-order valence-electron chi connectivity index (χ0n) is 16.3. The first-order valence-electron chi connectivity index (χ1n) is 8.93. The molecule has 0 radical (unpaired) electrons. The van der Waals surface area contributed by atoms with Crippen LogP contribution in [0.25, 0.3) is 11.6 Å². The van der Waals surface area contributed by atoms with E-state index in [9.17, 15) is 0 Å². The molecule has 1 heterocycles. The fourth-order valence-corrected chi connectivity index (χ4v) is 2.80. The summed E-state index contributed by atoms with van der Waals surface area (Å²) < 4.78 is 0. The number of hydrogen-bond acceptors (Lipinski definition) is 1. The minimum Gasteiger partial charge on any atom is -0.261 e. The Morgan fingerprint density at radius 2 is 1.83 bits per heavy atom. The van der Waals surface area contributed by atoms with Crippen molar-refractivity contribution in [1.29, 1.82) is 0 Å². The number of benzene rings is 1. The van der Waals surface area contributed by atoms with Crippen LogP contribution in [0.3, 0.4) is 0 Å². The third-order valence-electron chi connectivity index (χ3n) is 4.12. The summed E-state index contributed by atoms with van der Waals surface area (Å²) in [4.78, 5) is 4.37. The number of nitrogens with zero attached hydrogens (tertiary/aromatic N) is 1. The van der Waals surface area contributed by atoms with Gasteiger partial charge in [-0.25, -0.2) is 0 Å². The zero-order chi connectivity index (χ0) is 18.1. The molecule has 1 nitrogen and oxygen atoms in total. The highest BCUT2D eigenvalue weighted by Gasteiger charge is 2.08. The molecule has 0 fully saturated rings. The molecule has 2 rings (SSSR count). The summed E-state index contributed by atoms with van der Waals surface area (Å²) in [7, 11) is 0. The van der Waals surface area contributed by atoms with Gasteiger partial charge in [-0.05, 0) is 79.7 Å². The Hall–Kier alpha value is -2.15. The average molecular weight is 322 g/mol. The third-order valence-corrected chi connectivity index (χ3v) is 4.12. The Labute approximate surface area is 148 Å². The lowest BCUT2D eigenvalue weighted by atomic mass is 9.92. The second-order valence-electron chi connectivity index (χ2n) is 5.71. The molecule has 24 heavy (non-hydrogen) atoms. The highest BCUT2D eigenvalue weighted by molar-refractivity contribution is 5.85. The Balaban J connectivity index is 0.00000139. The maximum Gasteiger partial charge on any atom is 0.0444 e. The summed E-state index contributed by atoms with van der Waals surface area (Å²) in [6.45, 7) is 14.7. The molecule has 1 heteroatoms. The Morgan fingerprint density at radius 1 is 1.12 bits per heavy atom. The maximum atomic E-state index is 4.37. The van der Waals surface area contributed by atoms with Crippen LogP contribution in [0, 0.1) is 13.8 Å². The van der Waals surface area contributed by atoms with Gasteiger partial charge in [0.05, 0.1) is 0 Å². The SMILES string of the molecule is C/C=C(/C(C)=C/c1cccnc1C)c1ccc(CC)cc1C.CC. The van der Waals surface area contributed by atoms with Crippen LogP contribution in [0.1, 0.15) is 62.6 Å². The summed E-state index contributed by atoms with van der Waals surface area (Å²) in [5.41, 5.74) is 8.85. The van der Waals surface area contributed by atoms with Crippen molar-refractivity contribution in [2.24, 2.45) is 0 Å². The summed E-state index contributed by atoms with van der Waals surface area (Å²) in [6.07, 6.45) is 7.35.